The smallest absolute Gasteiger partial charge is 0.387 e. The highest BCUT2D eigenvalue weighted by atomic mass is 32.1. The molecule has 1 heterocycles. The molecule has 0 saturated heterocycles. The van der Waals surface area contributed by atoms with E-state index in [9.17, 15) is 18.4 Å². The molecule has 2 amide bonds. The summed E-state index contributed by atoms with van der Waals surface area (Å²) in [4.78, 5) is 28.7. The predicted molar refractivity (Wildman–Crippen MR) is 111 cm³/mol. The molecule has 0 unspecified atom stereocenters. The summed E-state index contributed by atoms with van der Waals surface area (Å²) >= 11 is 1.28. The van der Waals surface area contributed by atoms with Crippen molar-refractivity contribution in [3.8, 4) is 17.0 Å². The monoisotopic (exact) mass is 431 g/mol. The molecule has 2 aromatic carbocycles. The third kappa shape index (κ3) is 5.60. The van der Waals surface area contributed by atoms with Crippen molar-refractivity contribution in [3.63, 3.8) is 0 Å². The number of aromatic nitrogens is 1. The highest BCUT2D eigenvalue weighted by Gasteiger charge is 2.12. The number of thiazole rings is 1. The largest absolute Gasteiger partial charge is 0.435 e. The predicted octanol–water partition coefficient (Wildman–Crippen LogP) is 4.40. The summed E-state index contributed by atoms with van der Waals surface area (Å²) in [6.45, 7) is 0.770. The van der Waals surface area contributed by atoms with E-state index in [0.717, 1.165) is 16.8 Å². The Kier molecular flexibility index (Phi) is 6.73. The number of alkyl halides is 2. The Labute approximate surface area is 175 Å². The molecule has 0 atom stereocenters. The summed E-state index contributed by atoms with van der Waals surface area (Å²) in [7, 11) is 0. The van der Waals surface area contributed by atoms with Crippen LogP contribution in [0.2, 0.25) is 0 Å². The third-order valence-electron chi connectivity index (χ3n) is 4.28. The minimum Gasteiger partial charge on any atom is -0.435 e. The second kappa shape index (κ2) is 9.45. The summed E-state index contributed by atoms with van der Waals surface area (Å²) in [5, 5.41) is 7.32. The minimum atomic E-state index is -2.99. The van der Waals surface area contributed by atoms with Gasteiger partial charge in [0.2, 0.25) is 5.91 Å². The van der Waals surface area contributed by atoms with Crippen LogP contribution in [-0.2, 0) is 4.79 Å². The van der Waals surface area contributed by atoms with E-state index in [1.165, 1.54) is 41.2 Å². The molecular formula is C21H19F2N3O3S. The lowest BCUT2D eigenvalue weighted by Crippen LogP contribution is -2.32. The third-order valence-corrected chi connectivity index (χ3v) is 5.04. The van der Waals surface area contributed by atoms with Crippen molar-refractivity contribution in [2.24, 2.45) is 0 Å². The summed E-state index contributed by atoms with van der Waals surface area (Å²) in [6.07, 6.45) is 0. The van der Waals surface area contributed by atoms with Gasteiger partial charge < -0.3 is 15.4 Å². The van der Waals surface area contributed by atoms with Crippen molar-refractivity contribution in [2.75, 3.05) is 11.9 Å². The number of anilines is 1. The quantitative estimate of drug-likeness (QED) is 0.581. The van der Waals surface area contributed by atoms with Gasteiger partial charge >= 0.3 is 6.61 Å². The number of rotatable bonds is 7. The number of nitrogens with one attached hydrogen (secondary N) is 2. The molecule has 0 spiro atoms. The van der Waals surface area contributed by atoms with E-state index < -0.39 is 18.4 Å². The van der Waals surface area contributed by atoms with Crippen LogP contribution in [0.25, 0.3) is 11.3 Å². The van der Waals surface area contributed by atoms with Crippen molar-refractivity contribution >= 4 is 28.3 Å². The molecule has 0 aliphatic carbocycles. The van der Waals surface area contributed by atoms with Crippen LogP contribution in [0.3, 0.4) is 0 Å². The zero-order chi connectivity index (χ0) is 21.7. The number of aryl methyl sites for hydroxylation is 2. The fourth-order valence-corrected chi connectivity index (χ4v) is 3.34. The van der Waals surface area contributed by atoms with Gasteiger partial charge in [0, 0.05) is 16.5 Å². The Morgan fingerprint density at radius 2 is 1.93 bits per heavy atom. The zero-order valence-electron chi connectivity index (χ0n) is 16.2. The lowest BCUT2D eigenvalue weighted by Gasteiger charge is -2.08. The van der Waals surface area contributed by atoms with Crippen LogP contribution in [-0.4, -0.2) is 30.0 Å². The van der Waals surface area contributed by atoms with Gasteiger partial charge in [-0.2, -0.15) is 8.78 Å². The Morgan fingerprint density at radius 1 is 1.13 bits per heavy atom. The summed E-state index contributed by atoms with van der Waals surface area (Å²) in [5.41, 5.74) is 4.14. The van der Waals surface area contributed by atoms with Crippen LogP contribution in [0.4, 0.5) is 13.9 Å². The van der Waals surface area contributed by atoms with Gasteiger partial charge in [0.15, 0.2) is 5.13 Å². The first-order chi connectivity index (χ1) is 14.3. The van der Waals surface area contributed by atoms with E-state index in [-0.39, 0.29) is 17.9 Å². The second-order valence-electron chi connectivity index (χ2n) is 6.47. The number of benzene rings is 2. The summed E-state index contributed by atoms with van der Waals surface area (Å²) in [6, 6.07) is 11.3. The van der Waals surface area contributed by atoms with Crippen LogP contribution in [0, 0.1) is 13.8 Å². The number of carbonyl (C=O) groups is 2. The maximum Gasteiger partial charge on any atom is 0.387 e. The molecular weight excluding hydrogens is 412 g/mol. The average Bonchev–Trinajstić information content (AvgIpc) is 3.16. The lowest BCUT2D eigenvalue weighted by atomic mass is 10.1. The normalized spacial score (nSPS) is 10.7. The molecule has 0 aliphatic rings. The average molecular weight is 431 g/mol. The van der Waals surface area contributed by atoms with Gasteiger partial charge in [-0.3, -0.25) is 9.59 Å². The molecule has 9 heteroatoms. The summed E-state index contributed by atoms with van der Waals surface area (Å²) in [5.74, 6) is -1.17. The minimum absolute atomic E-state index is 0.104. The van der Waals surface area contributed by atoms with Crippen molar-refractivity contribution in [2.45, 2.75) is 20.5 Å². The lowest BCUT2D eigenvalue weighted by molar-refractivity contribution is -0.115. The fraction of sp³-hybridized carbons (Fsp3) is 0.190. The standard InChI is InChI=1S/C21H19F2N3O3S/c1-12-6-7-14(8-13(12)2)17-11-30-21(25-17)26-18(27)10-24-19(28)15-4-3-5-16(9-15)29-20(22)23/h3-9,11,20H,10H2,1-2H3,(H,24,28)(H,25,26,27). The van der Waals surface area contributed by atoms with Gasteiger partial charge in [-0.15, -0.1) is 11.3 Å². The number of hydrogen-bond acceptors (Lipinski definition) is 5. The molecule has 2 N–H and O–H groups in total. The zero-order valence-corrected chi connectivity index (χ0v) is 17.1. The number of carbonyl (C=O) groups excluding carboxylic acids is 2. The van der Waals surface area contributed by atoms with Gasteiger partial charge in [-0.05, 0) is 49.2 Å². The molecule has 3 aromatic rings. The first-order valence-corrected chi connectivity index (χ1v) is 9.86. The SMILES string of the molecule is Cc1ccc(-c2csc(NC(=O)CNC(=O)c3cccc(OC(F)F)c3)n2)cc1C. The second-order valence-corrected chi connectivity index (χ2v) is 7.33. The highest BCUT2D eigenvalue weighted by Crippen LogP contribution is 2.26. The Morgan fingerprint density at radius 3 is 2.67 bits per heavy atom. The van der Waals surface area contributed by atoms with Gasteiger partial charge in [-0.1, -0.05) is 18.2 Å². The first-order valence-electron chi connectivity index (χ1n) is 8.98. The Hall–Kier alpha value is -3.33. The van der Waals surface area contributed by atoms with E-state index in [2.05, 4.69) is 20.4 Å². The van der Waals surface area contributed by atoms with Crippen molar-refractivity contribution in [3.05, 3.63) is 64.5 Å². The molecule has 0 aliphatic heterocycles. The number of amides is 2. The van der Waals surface area contributed by atoms with Crippen molar-refractivity contribution in [1.29, 1.82) is 0 Å². The topological polar surface area (TPSA) is 80.3 Å². The molecule has 0 saturated carbocycles. The van der Waals surface area contributed by atoms with Crippen LogP contribution in [0.1, 0.15) is 21.5 Å². The number of ether oxygens (including phenoxy) is 1. The van der Waals surface area contributed by atoms with E-state index >= 15 is 0 Å². The van der Waals surface area contributed by atoms with Crippen LogP contribution < -0.4 is 15.4 Å². The molecule has 156 valence electrons. The Bertz CT molecular complexity index is 1070. The molecule has 0 bridgehead atoms. The molecule has 1 aromatic heterocycles. The van der Waals surface area contributed by atoms with Crippen LogP contribution >= 0.6 is 11.3 Å². The maximum atomic E-state index is 12.3. The van der Waals surface area contributed by atoms with E-state index in [1.54, 1.807) is 0 Å². The van der Waals surface area contributed by atoms with Gasteiger partial charge in [0.25, 0.3) is 5.91 Å². The van der Waals surface area contributed by atoms with Gasteiger partial charge in [0.1, 0.15) is 5.75 Å². The molecule has 0 radical (unpaired) electrons. The van der Waals surface area contributed by atoms with Gasteiger partial charge in [-0.25, -0.2) is 4.98 Å². The number of nitrogens with zero attached hydrogens (tertiary/aromatic N) is 1. The van der Waals surface area contributed by atoms with E-state index in [1.807, 2.05) is 37.4 Å². The van der Waals surface area contributed by atoms with Crippen molar-refractivity contribution < 1.29 is 23.1 Å². The van der Waals surface area contributed by atoms with Gasteiger partial charge in [0.05, 0.1) is 12.2 Å². The molecule has 6 nitrogen and oxygen atoms in total. The number of hydrogen-bond donors (Lipinski definition) is 2. The molecule has 3 rings (SSSR count). The first kappa shape index (κ1) is 21.4. The van der Waals surface area contributed by atoms with Crippen molar-refractivity contribution in [1.82, 2.24) is 10.3 Å². The fourth-order valence-electron chi connectivity index (χ4n) is 2.60. The van der Waals surface area contributed by atoms with E-state index in [0.29, 0.717) is 5.13 Å². The Balaban J connectivity index is 1.55. The number of halogens is 2. The molecule has 0 fully saturated rings. The van der Waals surface area contributed by atoms with Crippen LogP contribution in [0.5, 0.6) is 5.75 Å². The highest BCUT2D eigenvalue weighted by molar-refractivity contribution is 7.14. The molecule has 30 heavy (non-hydrogen) atoms. The summed E-state index contributed by atoms with van der Waals surface area (Å²) < 4.78 is 28.8. The van der Waals surface area contributed by atoms with Crippen LogP contribution in [0.15, 0.2) is 47.8 Å². The van der Waals surface area contributed by atoms with E-state index in [4.69, 9.17) is 0 Å². The maximum absolute atomic E-state index is 12.3.